The first-order chi connectivity index (χ1) is 17.9. The highest BCUT2D eigenvalue weighted by Crippen LogP contribution is 2.38. The number of carbonyl (C=O) groups is 1. The standard InChI is InChI=1S/C27H26ClFN4O4S/c1-27(2,3)33-15-17(14-31-33)32-26(34)11-16-10-21(28)25(13-22(16)29)37-24-8-9-30-23-7-6-19(12-20(23)24)38(35,36)18-4-5-18/h6-10,12-15,18H,4-5,11H2,1-3H3,(H,32,34). The van der Waals surface area contributed by atoms with Crippen LogP contribution in [-0.2, 0) is 26.6 Å². The van der Waals surface area contributed by atoms with Crippen molar-refractivity contribution in [2.45, 2.75) is 55.7 Å². The molecule has 0 spiro atoms. The van der Waals surface area contributed by atoms with E-state index in [2.05, 4.69) is 15.4 Å². The Hall–Kier alpha value is -3.50. The number of hydrogen-bond donors (Lipinski definition) is 1. The summed E-state index contributed by atoms with van der Waals surface area (Å²) in [5.74, 6) is -0.778. The third-order valence-electron chi connectivity index (χ3n) is 6.19. The molecular formula is C27H26ClFN4O4S. The molecule has 1 fully saturated rings. The van der Waals surface area contributed by atoms with E-state index >= 15 is 0 Å². The molecule has 0 atom stereocenters. The van der Waals surface area contributed by atoms with Crippen LogP contribution in [-0.4, -0.2) is 34.3 Å². The molecule has 1 N–H and O–H groups in total. The van der Waals surface area contributed by atoms with Gasteiger partial charge in [-0.1, -0.05) is 11.6 Å². The normalized spacial score (nSPS) is 14.0. The van der Waals surface area contributed by atoms with Gasteiger partial charge in [0.1, 0.15) is 17.3 Å². The Morgan fingerprint density at radius 1 is 1.18 bits per heavy atom. The van der Waals surface area contributed by atoms with Crippen molar-refractivity contribution in [2.24, 2.45) is 0 Å². The number of fused-ring (bicyclic) bond motifs is 1. The Balaban J connectivity index is 1.36. The van der Waals surface area contributed by atoms with Crippen LogP contribution in [0.4, 0.5) is 10.1 Å². The summed E-state index contributed by atoms with van der Waals surface area (Å²) >= 11 is 6.41. The summed E-state index contributed by atoms with van der Waals surface area (Å²) in [4.78, 5) is 17.0. The van der Waals surface area contributed by atoms with Gasteiger partial charge < -0.3 is 10.1 Å². The van der Waals surface area contributed by atoms with Gasteiger partial charge in [0.05, 0.1) is 44.5 Å². The zero-order valence-corrected chi connectivity index (χ0v) is 22.6. The highest BCUT2D eigenvalue weighted by atomic mass is 35.5. The third-order valence-corrected chi connectivity index (χ3v) is 8.75. The number of anilines is 1. The van der Waals surface area contributed by atoms with Crippen LogP contribution in [0.5, 0.6) is 11.5 Å². The highest BCUT2D eigenvalue weighted by Gasteiger charge is 2.37. The molecule has 0 aliphatic heterocycles. The minimum atomic E-state index is -3.42. The van der Waals surface area contributed by atoms with E-state index in [9.17, 15) is 17.6 Å². The lowest BCUT2D eigenvalue weighted by Gasteiger charge is -2.18. The van der Waals surface area contributed by atoms with E-state index in [1.807, 2.05) is 20.8 Å². The average molecular weight is 557 g/mol. The van der Waals surface area contributed by atoms with Crippen molar-refractivity contribution in [3.05, 3.63) is 71.4 Å². The summed E-state index contributed by atoms with van der Waals surface area (Å²) in [7, 11) is -3.42. The maximum Gasteiger partial charge on any atom is 0.228 e. The number of carbonyl (C=O) groups excluding carboxylic acids is 1. The first kappa shape index (κ1) is 26.1. The number of nitrogens with one attached hydrogen (secondary N) is 1. The van der Waals surface area contributed by atoms with Gasteiger partial charge in [-0.15, -0.1) is 0 Å². The largest absolute Gasteiger partial charge is 0.455 e. The molecule has 0 saturated heterocycles. The van der Waals surface area contributed by atoms with Crippen molar-refractivity contribution in [2.75, 3.05) is 5.32 Å². The zero-order valence-electron chi connectivity index (χ0n) is 21.0. The summed E-state index contributed by atoms with van der Waals surface area (Å²) in [6.45, 7) is 5.95. The lowest BCUT2D eigenvalue weighted by molar-refractivity contribution is -0.115. The topological polar surface area (TPSA) is 103 Å². The first-order valence-electron chi connectivity index (χ1n) is 12.1. The second-order valence-corrected chi connectivity index (χ2v) is 12.9. The first-order valence-corrected chi connectivity index (χ1v) is 14.0. The number of amides is 1. The highest BCUT2D eigenvalue weighted by molar-refractivity contribution is 7.92. The molecule has 2 aromatic carbocycles. The fourth-order valence-corrected chi connectivity index (χ4v) is 5.88. The van der Waals surface area contributed by atoms with Crippen molar-refractivity contribution in [1.82, 2.24) is 14.8 Å². The number of halogens is 2. The molecule has 11 heteroatoms. The summed E-state index contributed by atoms with van der Waals surface area (Å²) in [5, 5.41) is 7.15. The van der Waals surface area contributed by atoms with Gasteiger partial charge >= 0.3 is 0 Å². The van der Waals surface area contributed by atoms with Crippen LogP contribution in [0.2, 0.25) is 5.02 Å². The molecule has 198 valence electrons. The van der Waals surface area contributed by atoms with Crippen LogP contribution in [0.3, 0.4) is 0 Å². The predicted molar refractivity (Wildman–Crippen MR) is 143 cm³/mol. The molecule has 0 unspecified atom stereocenters. The smallest absolute Gasteiger partial charge is 0.228 e. The van der Waals surface area contributed by atoms with Crippen LogP contribution in [0.25, 0.3) is 10.9 Å². The molecule has 8 nitrogen and oxygen atoms in total. The van der Waals surface area contributed by atoms with Gasteiger partial charge in [-0.3, -0.25) is 14.5 Å². The van der Waals surface area contributed by atoms with Crippen LogP contribution in [0.1, 0.15) is 39.2 Å². The fourth-order valence-electron chi connectivity index (χ4n) is 3.97. The van der Waals surface area contributed by atoms with Gasteiger partial charge in [-0.25, -0.2) is 12.8 Å². The van der Waals surface area contributed by atoms with Crippen molar-refractivity contribution in [3.63, 3.8) is 0 Å². The van der Waals surface area contributed by atoms with E-state index < -0.39 is 21.6 Å². The number of ether oxygens (including phenoxy) is 1. The third kappa shape index (κ3) is 5.37. The minimum absolute atomic E-state index is 0.0303. The lowest BCUT2D eigenvalue weighted by Crippen LogP contribution is -2.22. The summed E-state index contributed by atoms with van der Waals surface area (Å²) in [6, 6.07) is 8.69. The lowest BCUT2D eigenvalue weighted by atomic mass is 10.1. The summed E-state index contributed by atoms with van der Waals surface area (Å²) < 4.78 is 48.1. The van der Waals surface area contributed by atoms with Gasteiger partial charge in [-0.2, -0.15) is 5.10 Å². The summed E-state index contributed by atoms with van der Waals surface area (Å²) in [6.07, 6.45) is 5.81. The molecule has 4 aromatic rings. The van der Waals surface area contributed by atoms with Crippen molar-refractivity contribution < 1.29 is 22.3 Å². The Labute approximate surface area is 224 Å². The molecular weight excluding hydrogens is 531 g/mol. The van der Waals surface area contributed by atoms with Gasteiger partial charge in [0.2, 0.25) is 5.91 Å². The Morgan fingerprint density at radius 3 is 2.63 bits per heavy atom. The number of sulfone groups is 1. The Morgan fingerprint density at radius 2 is 1.95 bits per heavy atom. The molecule has 2 heterocycles. The zero-order chi connectivity index (χ0) is 27.2. The number of rotatable bonds is 7. The minimum Gasteiger partial charge on any atom is -0.455 e. The quantitative estimate of drug-likeness (QED) is 0.304. The van der Waals surface area contributed by atoms with Crippen LogP contribution in [0.15, 0.2) is 59.9 Å². The van der Waals surface area contributed by atoms with E-state index in [-0.39, 0.29) is 44.2 Å². The summed E-state index contributed by atoms with van der Waals surface area (Å²) in [5.41, 5.74) is 0.882. The van der Waals surface area contributed by atoms with Gasteiger partial charge in [0.15, 0.2) is 9.84 Å². The van der Waals surface area contributed by atoms with E-state index in [1.165, 1.54) is 30.6 Å². The SMILES string of the molecule is CC(C)(C)n1cc(NC(=O)Cc2cc(Cl)c(Oc3ccnc4ccc(S(=O)(=O)C5CC5)cc34)cc2F)cn1. The number of benzene rings is 2. The van der Waals surface area contributed by atoms with E-state index in [0.717, 1.165) is 6.07 Å². The Kier molecular flexibility index (Phi) is 6.65. The van der Waals surface area contributed by atoms with E-state index in [0.29, 0.717) is 29.4 Å². The van der Waals surface area contributed by atoms with Crippen molar-refractivity contribution >= 4 is 43.9 Å². The maximum absolute atomic E-state index is 15.0. The van der Waals surface area contributed by atoms with Crippen molar-refractivity contribution in [1.29, 1.82) is 0 Å². The molecule has 0 bridgehead atoms. The van der Waals surface area contributed by atoms with E-state index in [4.69, 9.17) is 16.3 Å². The molecule has 1 saturated carbocycles. The number of hydrogen-bond acceptors (Lipinski definition) is 6. The molecule has 2 aromatic heterocycles. The Bertz CT molecular complexity index is 1660. The monoisotopic (exact) mass is 556 g/mol. The second-order valence-electron chi connectivity index (χ2n) is 10.3. The number of pyridine rings is 1. The molecule has 1 amide bonds. The maximum atomic E-state index is 15.0. The number of aromatic nitrogens is 3. The molecule has 5 rings (SSSR count). The average Bonchev–Trinajstić information content (AvgIpc) is 3.61. The van der Waals surface area contributed by atoms with Gasteiger partial charge in [-0.05, 0) is 69.5 Å². The second kappa shape index (κ2) is 9.67. The van der Waals surface area contributed by atoms with Gasteiger partial charge in [0.25, 0.3) is 0 Å². The molecule has 0 radical (unpaired) electrons. The number of nitrogens with zero attached hydrogens (tertiary/aromatic N) is 3. The molecule has 1 aliphatic rings. The van der Waals surface area contributed by atoms with E-state index in [1.54, 1.807) is 23.0 Å². The van der Waals surface area contributed by atoms with Crippen LogP contribution in [0, 0.1) is 5.82 Å². The molecule has 38 heavy (non-hydrogen) atoms. The van der Waals surface area contributed by atoms with Crippen LogP contribution < -0.4 is 10.1 Å². The van der Waals surface area contributed by atoms with Crippen molar-refractivity contribution in [3.8, 4) is 11.5 Å². The van der Waals surface area contributed by atoms with Gasteiger partial charge in [0, 0.05) is 23.8 Å². The predicted octanol–water partition coefficient (Wildman–Crippen LogP) is 5.89. The molecule has 1 aliphatic carbocycles. The van der Waals surface area contributed by atoms with Crippen LogP contribution >= 0.6 is 11.6 Å². The fraction of sp³-hybridized carbons (Fsp3) is 0.296.